The molecule has 0 saturated heterocycles. The van der Waals surface area contributed by atoms with Crippen molar-refractivity contribution < 1.29 is 12.8 Å². The molecular weight excluding hydrogens is 401 g/mol. The minimum atomic E-state index is -3.86. The molecule has 0 bridgehead atoms. The van der Waals surface area contributed by atoms with Gasteiger partial charge in [-0.05, 0) is 30.3 Å². The predicted octanol–water partition coefficient (Wildman–Crippen LogP) is 0.561. The van der Waals surface area contributed by atoms with E-state index in [1.54, 1.807) is 13.0 Å². The van der Waals surface area contributed by atoms with E-state index in [-0.39, 0.29) is 22.8 Å². The summed E-state index contributed by atoms with van der Waals surface area (Å²) in [7, 11) is -0.126. The maximum atomic E-state index is 14.0. The first-order valence-electron chi connectivity index (χ1n) is 8.56. The van der Waals surface area contributed by atoms with E-state index in [4.69, 9.17) is 0 Å². The van der Waals surface area contributed by atoms with Crippen molar-refractivity contribution in [3.63, 3.8) is 0 Å². The lowest BCUT2D eigenvalue weighted by Gasteiger charge is -2.14. The lowest BCUT2D eigenvalue weighted by atomic mass is 10.2. The lowest BCUT2D eigenvalue weighted by Crippen LogP contribution is -2.29. The Labute approximate surface area is 166 Å². The van der Waals surface area contributed by atoms with E-state index < -0.39 is 15.8 Å². The Morgan fingerprint density at radius 1 is 1.17 bits per heavy atom. The van der Waals surface area contributed by atoms with Crippen LogP contribution < -0.4 is 14.9 Å². The van der Waals surface area contributed by atoms with Crippen LogP contribution in [0.3, 0.4) is 0 Å². The molecule has 29 heavy (non-hydrogen) atoms. The van der Waals surface area contributed by atoms with Crippen LogP contribution in [0.4, 0.5) is 16.0 Å². The summed E-state index contributed by atoms with van der Waals surface area (Å²) in [4.78, 5) is 10.3. The van der Waals surface area contributed by atoms with Crippen LogP contribution in [-0.4, -0.2) is 66.2 Å². The van der Waals surface area contributed by atoms with Crippen molar-refractivity contribution in [3.05, 3.63) is 35.9 Å². The van der Waals surface area contributed by atoms with E-state index in [1.807, 2.05) is 19.0 Å². The molecule has 3 rings (SSSR count). The molecule has 0 fully saturated rings. The van der Waals surface area contributed by atoms with E-state index in [0.717, 1.165) is 18.0 Å². The van der Waals surface area contributed by atoms with Gasteiger partial charge in [0.2, 0.25) is 15.8 Å². The molecule has 2 aromatic heterocycles. The van der Waals surface area contributed by atoms with Gasteiger partial charge in [-0.25, -0.2) is 27.5 Å². The molecule has 0 spiro atoms. The molecule has 0 radical (unpaired) electrons. The Bertz CT molecular complexity index is 1090. The molecule has 2 heterocycles. The number of nitrogens with zero attached hydrogens (tertiary/aromatic N) is 6. The minimum absolute atomic E-state index is 0.0305. The number of aromatic nitrogens is 6. The number of benzene rings is 1. The second-order valence-electron chi connectivity index (χ2n) is 6.25. The molecular formula is C16H20FN9O2S. The molecule has 1 aromatic carbocycles. The number of hydrogen-bond acceptors (Lipinski definition) is 9. The van der Waals surface area contributed by atoms with Gasteiger partial charge in [-0.15, -0.1) is 10.2 Å². The highest BCUT2D eigenvalue weighted by molar-refractivity contribution is 7.89. The number of tetrazole rings is 1. The number of nitrogens with one attached hydrogen (secondary N) is 3. The van der Waals surface area contributed by atoms with Gasteiger partial charge in [0.15, 0.2) is 0 Å². The van der Waals surface area contributed by atoms with Gasteiger partial charge in [0.25, 0.3) is 0 Å². The average Bonchev–Trinajstić information content (AvgIpc) is 3.19. The van der Waals surface area contributed by atoms with Crippen LogP contribution in [0.15, 0.2) is 29.2 Å². The van der Waals surface area contributed by atoms with Gasteiger partial charge in [-0.2, -0.15) is 5.21 Å². The van der Waals surface area contributed by atoms with Crippen LogP contribution in [0, 0.1) is 12.7 Å². The summed E-state index contributed by atoms with van der Waals surface area (Å²) >= 11 is 0. The van der Waals surface area contributed by atoms with Crippen LogP contribution in [-0.2, 0) is 10.0 Å². The monoisotopic (exact) mass is 421 g/mol. The lowest BCUT2D eigenvalue weighted by molar-refractivity contribution is 0.582. The second kappa shape index (κ2) is 8.45. The second-order valence-corrected chi connectivity index (χ2v) is 8.02. The fraction of sp³-hybridized carbons (Fsp3) is 0.312. The Kier molecular flexibility index (Phi) is 5.98. The smallest absolute Gasteiger partial charge is 0.240 e. The highest BCUT2D eigenvalue weighted by Crippen LogP contribution is 2.22. The molecule has 3 N–H and O–H groups in total. The highest BCUT2D eigenvalue weighted by atomic mass is 32.2. The van der Waals surface area contributed by atoms with E-state index in [0.29, 0.717) is 18.2 Å². The Balaban J connectivity index is 1.65. The summed E-state index contributed by atoms with van der Waals surface area (Å²) in [6.45, 7) is 2.16. The van der Waals surface area contributed by atoms with E-state index >= 15 is 0 Å². The number of H-pyrrole nitrogens is 1. The number of aromatic amines is 1. The summed E-state index contributed by atoms with van der Waals surface area (Å²) in [5.41, 5.74) is -0.0626. The van der Waals surface area contributed by atoms with Crippen LogP contribution in [0.2, 0.25) is 0 Å². The number of anilines is 2. The van der Waals surface area contributed by atoms with Gasteiger partial charge in [-0.1, -0.05) is 0 Å². The van der Waals surface area contributed by atoms with Crippen LogP contribution >= 0.6 is 0 Å². The van der Waals surface area contributed by atoms with Crippen molar-refractivity contribution in [2.24, 2.45) is 0 Å². The van der Waals surface area contributed by atoms with Crippen LogP contribution in [0.25, 0.3) is 11.4 Å². The maximum Gasteiger partial charge on any atom is 0.240 e. The van der Waals surface area contributed by atoms with Gasteiger partial charge in [0, 0.05) is 33.3 Å². The standard InChI is InChI=1S/C16H20FN9O2S/c1-10-20-14(9-15(21-10)26(2)3)18-6-7-19-29(27,28)11-4-5-13(17)12(8-11)16-22-24-25-23-16/h4-5,8-9,19H,6-7H2,1-3H3,(H,18,20,21)(H,22,23,24,25). The van der Waals surface area contributed by atoms with Crippen molar-refractivity contribution in [1.29, 1.82) is 0 Å². The summed E-state index contributed by atoms with van der Waals surface area (Å²) in [6.07, 6.45) is 0. The fourth-order valence-corrected chi connectivity index (χ4v) is 3.51. The molecule has 0 aliphatic heterocycles. The van der Waals surface area contributed by atoms with Gasteiger partial charge in [0.1, 0.15) is 23.3 Å². The van der Waals surface area contributed by atoms with Crippen molar-refractivity contribution in [2.75, 3.05) is 37.4 Å². The van der Waals surface area contributed by atoms with E-state index in [9.17, 15) is 12.8 Å². The molecule has 0 atom stereocenters. The van der Waals surface area contributed by atoms with Crippen molar-refractivity contribution in [3.8, 4) is 11.4 Å². The summed E-state index contributed by atoms with van der Waals surface area (Å²) in [6, 6.07) is 5.14. The molecule has 0 amide bonds. The Morgan fingerprint density at radius 3 is 2.66 bits per heavy atom. The highest BCUT2D eigenvalue weighted by Gasteiger charge is 2.18. The third kappa shape index (κ3) is 5.00. The summed E-state index contributed by atoms with van der Waals surface area (Å²) in [5.74, 6) is 1.24. The zero-order chi connectivity index (χ0) is 21.0. The van der Waals surface area contributed by atoms with Crippen molar-refractivity contribution in [1.82, 2.24) is 35.3 Å². The van der Waals surface area contributed by atoms with E-state index in [1.165, 1.54) is 6.07 Å². The number of rotatable bonds is 8. The Morgan fingerprint density at radius 2 is 1.97 bits per heavy atom. The van der Waals surface area contributed by atoms with Crippen molar-refractivity contribution >= 4 is 21.7 Å². The molecule has 0 unspecified atom stereocenters. The first kappa shape index (κ1) is 20.5. The fourth-order valence-electron chi connectivity index (χ4n) is 2.45. The molecule has 11 nitrogen and oxygen atoms in total. The SMILES string of the molecule is Cc1nc(NCCNS(=O)(=O)c2ccc(F)c(-c3nn[nH]n3)c2)cc(N(C)C)n1. The summed E-state index contributed by atoms with van der Waals surface area (Å²) < 4.78 is 41.5. The minimum Gasteiger partial charge on any atom is -0.369 e. The van der Waals surface area contributed by atoms with Crippen LogP contribution in [0.1, 0.15) is 5.82 Å². The molecule has 154 valence electrons. The zero-order valence-corrected chi connectivity index (χ0v) is 16.8. The molecule has 13 heteroatoms. The Hall–Kier alpha value is -3.19. The topological polar surface area (TPSA) is 142 Å². The molecule has 0 saturated carbocycles. The average molecular weight is 421 g/mol. The number of hydrogen-bond donors (Lipinski definition) is 3. The maximum absolute atomic E-state index is 14.0. The first-order chi connectivity index (χ1) is 13.8. The third-order valence-corrected chi connectivity index (χ3v) is 5.30. The molecule has 0 aliphatic carbocycles. The van der Waals surface area contributed by atoms with Gasteiger partial charge >= 0.3 is 0 Å². The molecule has 0 aliphatic rings. The van der Waals surface area contributed by atoms with Gasteiger partial charge in [-0.3, -0.25) is 0 Å². The van der Waals surface area contributed by atoms with Crippen molar-refractivity contribution in [2.45, 2.75) is 11.8 Å². The normalized spacial score (nSPS) is 11.4. The number of halogens is 1. The predicted molar refractivity (Wildman–Crippen MR) is 104 cm³/mol. The summed E-state index contributed by atoms with van der Waals surface area (Å²) in [5, 5.41) is 16.0. The number of aryl methyl sites for hydroxylation is 1. The largest absolute Gasteiger partial charge is 0.369 e. The van der Waals surface area contributed by atoms with Crippen LogP contribution in [0.5, 0.6) is 0 Å². The van der Waals surface area contributed by atoms with Gasteiger partial charge in [0.05, 0.1) is 10.5 Å². The van der Waals surface area contributed by atoms with E-state index in [2.05, 4.69) is 40.6 Å². The van der Waals surface area contributed by atoms with Gasteiger partial charge < -0.3 is 10.2 Å². The zero-order valence-electron chi connectivity index (χ0n) is 16.0. The number of sulfonamides is 1. The third-order valence-electron chi connectivity index (χ3n) is 3.84. The quantitative estimate of drug-likeness (QED) is 0.445. The first-order valence-corrected chi connectivity index (χ1v) is 10.0. The molecule has 3 aromatic rings.